The summed E-state index contributed by atoms with van der Waals surface area (Å²) in [6, 6.07) is 16.7. The van der Waals surface area contributed by atoms with Gasteiger partial charge >= 0.3 is 0 Å². The second-order valence-corrected chi connectivity index (χ2v) is 8.25. The van der Waals surface area contributed by atoms with E-state index >= 15 is 0 Å². The van der Waals surface area contributed by atoms with Gasteiger partial charge in [0.25, 0.3) is 0 Å². The topological polar surface area (TPSA) is 46.3 Å². The lowest BCUT2D eigenvalue weighted by atomic mass is 10.0. The van der Waals surface area contributed by atoms with E-state index < -0.39 is 0 Å². The molecule has 0 unspecified atom stereocenters. The van der Waals surface area contributed by atoms with Crippen LogP contribution in [-0.2, 0) is 13.1 Å². The smallest absolute Gasteiger partial charge is 0.159 e. The van der Waals surface area contributed by atoms with Crippen LogP contribution in [0.5, 0.6) is 0 Å². The molecule has 0 bridgehead atoms. The average Bonchev–Trinajstić information content (AvgIpc) is 3.04. The van der Waals surface area contributed by atoms with Crippen LogP contribution in [0.2, 0.25) is 0 Å². The van der Waals surface area contributed by atoms with Crippen molar-refractivity contribution >= 4 is 21.6 Å². The predicted molar refractivity (Wildman–Crippen MR) is 121 cm³/mol. The van der Waals surface area contributed by atoms with Gasteiger partial charge in [-0.3, -0.25) is 14.5 Å². The third-order valence-corrected chi connectivity index (χ3v) is 5.62. The van der Waals surface area contributed by atoms with Crippen LogP contribution in [0.15, 0.2) is 58.0 Å². The Kier molecular flexibility index (Phi) is 6.21. The van der Waals surface area contributed by atoms with Gasteiger partial charge < -0.3 is 0 Å². The van der Waals surface area contributed by atoms with Crippen molar-refractivity contribution in [2.75, 3.05) is 13.1 Å². The zero-order valence-electron chi connectivity index (χ0n) is 17.0. The first-order valence-corrected chi connectivity index (χ1v) is 11.1. The van der Waals surface area contributed by atoms with E-state index in [2.05, 4.69) is 91.9 Å². The van der Waals surface area contributed by atoms with Crippen molar-refractivity contribution < 1.29 is 0 Å². The molecule has 0 N–H and O–H groups in total. The summed E-state index contributed by atoms with van der Waals surface area (Å²) in [4.78, 5) is 7.40. The largest absolute Gasteiger partial charge is 0.296 e. The normalized spacial score (nSPS) is 13.0. The molecule has 29 heavy (non-hydrogen) atoms. The Morgan fingerprint density at radius 2 is 1.76 bits per heavy atom. The maximum absolute atomic E-state index is 4.94. The molecule has 0 fully saturated rings. The van der Waals surface area contributed by atoms with Crippen molar-refractivity contribution in [3.05, 3.63) is 75.8 Å². The van der Waals surface area contributed by atoms with Crippen LogP contribution in [0.3, 0.4) is 0 Å². The fourth-order valence-electron chi connectivity index (χ4n) is 3.91. The predicted octanol–water partition coefficient (Wildman–Crippen LogP) is 5.00. The Morgan fingerprint density at radius 1 is 1.00 bits per heavy atom. The summed E-state index contributed by atoms with van der Waals surface area (Å²) in [5.41, 5.74) is 4.31. The molecule has 0 saturated carbocycles. The Morgan fingerprint density at radius 3 is 2.48 bits per heavy atom. The van der Waals surface area contributed by atoms with Gasteiger partial charge in [0, 0.05) is 15.6 Å². The highest BCUT2D eigenvalue weighted by Crippen LogP contribution is 2.28. The molecule has 1 aliphatic heterocycles. The molecule has 0 atom stereocenters. The quantitative estimate of drug-likeness (QED) is 0.507. The van der Waals surface area contributed by atoms with Gasteiger partial charge in [0.05, 0.1) is 17.9 Å². The molecular weight excluding hydrogens is 426 g/mol. The second kappa shape index (κ2) is 9.01. The molecular formula is C23H26BrN5. The molecule has 0 spiro atoms. The van der Waals surface area contributed by atoms with Crippen LogP contribution in [-0.4, -0.2) is 38.5 Å². The van der Waals surface area contributed by atoms with Crippen molar-refractivity contribution in [1.82, 2.24) is 19.7 Å². The molecule has 1 aliphatic rings. The fraction of sp³-hybridized carbons (Fsp3) is 0.348. The summed E-state index contributed by atoms with van der Waals surface area (Å²) < 4.78 is 3.25. The Hall–Kier alpha value is -2.31. The third-order valence-electron chi connectivity index (χ3n) is 5.12. The van der Waals surface area contributed by atoms with Gasteiger partial charge in [0.15, 0.2) is 11.6 Å². The maximum Gasteiger partial charge on any atom is 0.159 e. The molecule has 3 aromatic rings. The molecule has 0 saturated heterocycles. The van der Waals surface area contributed by atoms with Gasteiger partial charge in [-0.05, 0) is 44.1 Å². The van der Waals surface area contributed by atoms with Crippen LogP contribution in [0.25, 0.3) is 5.69 Å². The van der Waals surface area contributed by atoms with Crippen molar-refractivity contribution in [1.29, 1.82) is 0 Å². The molecule has 6 heteroatoms. The minimum atomic E-state index is 0.519. The van der Waals surface area contributed by atoms with Crippen molar-refractivity contribution in [2.45, 2.75) is 39.8 Å². The summed E-state index contributed by atoms with van der Waals surface area (Å²) in [6.07, 6.45) is 2.26. The van der Waals surface area contributed by atoms with E-state index in [9.17, 15) is 0 Å². The monoisotopic (exact) mass is 451 g/mol. The standard InChI is InChI=1S/C23H26BrN5/c1-3-12-28(13-4-2)16-22-27-26-21-15-25-23(17-8-6-5-7-9-17)19-14-18(24)10-11-20(19)29(21)22/h5-11,14H,3-4,12-13,15-16H2,1-2H3. The number of hydrogen-bond acceptors (Lipinski definition) is 4. The molecule has 2 heterocycles. The first-order valence-electron chi connectivity index (χ1n) is 10.3. The van der Waals surface area contributed by atoms with Gasteiger partial charge in [0.1, 0.15) is 6.54 Å². The average molecular weight is 452 g/mol. The number of benzene rings is 2. The van der Waals surface area contributed by atoms with Gasteiger partial charge in [-0.1, -0.05) is 60.1 Å². The number of hydrogen-bond donors (Lipinski definition) is 0. The summed E-state index contributed by atoms with van der Waals surface area (Å²) in [6.45, 7) is 7.89. The minimum Gasteiger partial charge on any atom is -0.296 e. The van der Waals surface area contributed by atoms with E-state index in [1.54, 1.807) is 0 Å². The number of nitrogens with zero attached hydrogens (tertiary/aromatic N) is 5. The van der Waals surface area contributed by atoms with Crippen molar-refractivity contribution in [3.63, 3.8) is 0 Å². The van der Waals surface area contributed by atoms with Crippen LogP contribution in [0.1, 0.15) is 49.5 Å². The number of halogens is 1. The number of aliphatic imine (C=N–C) groups is 1. The molecule has 1 aromatic heterocycles. The SMILES string of the molecule is CCCN(CCC)Cc1nnc2n1-c1ccc(Br)cc1C(c1ccccc1)=NC2. The van der Waals surface area contributed by atoms with Crippen LogP contribution >= 0.6 is 15.9 Å². The molecule has 2 aromatic carbocycles. The van der Waals surface area contributed by atoms with E-state index in [0.717, 1.165) is 71.1 Å². The van der Waals surface area contributed by atoms with Crippen LogP contribution in [0, 0.1) is 0 Å². The Labute approximate surface area is 180 Å². The minimum absolute atomic E-state index is 0.519. The Balaban J connectivity index is 1.80. The highest BCUT2D eigenvalue weighted by Gasteiger charge is 2.23. The van der Waals surface area contributed by atoms with Crippen molar-refractivity contribution in [3.8, 4) is 5.69 Å². The summed E-state index contributed by atoms with van der Waals surface area (Å²) in [5, 5.41) is 9.06. The van der Waals surface area contributed by atoms with E-state index in [4.69, 9.17) is 4.99 Å². The first-order chi connectivity index (χ1) is 14.2. The molecule has 5 nitrogen and oxygen atoms in total. The third kappa shape index (κ3) is 4.19. The zero-order valence-corrected chi connectivity index (χ0v) is 18.6. The lowest BCUT2D eigenvalue weighted by molar-refractivity contribution is 0.258. The molecule has 150 valence electrons. The number of rotatable bonds is 7. The van der Waals surface area contributed by atoms with E-state index in [0.29, 0.717) is 6.54 Å². The summed E-state index contributed by atoms with van der Waals surface area (Å²) in [5.74, 6) is 1.87. The number of fused-ring (bicyclic) bond motifs is 3. The summed E-state index contributed by atoms with van der Waals surface area (Å²) >= 11 is 3.64. The highest BCUT2D eigenvalue weighted by molar-refractivity contribution is 9.10. The van der Waals surface area contributed by atoms with Crippen LogP contribution in [0.4, 0.5) is 0 Å². The molecule has 0 aliphatic carbocycles. The second-order valence-electron chi connectivity index (χ2n) is 7.34. The van der Waals surface area contributed by atoms with E-state index in [1.807, 2.05) is 6.07 Å². The fourth-order valence-corrected chi connectivity index (χ4v) is 4.27. The lowest BCUT2D eigenvalue weighted by Crippen LogP contribution is -2.26. The van der Waals surface area contributed by atoms with E-state index in [1.165, 1.54) is 0 Å². The Bertz CT molecular complexity index is 1000. The zero-order chi connectivity index (χ0) is 20.2. The number of aromatic nitrogens is 3. The van der Waals surface area contributed by atoms with Crippen molar-refractivity contribution in [2.24, 2.45) is 4.99 Å². The van der Waals surface area contributed by atoms with Gasteiger partial charge in [-0.15, -0.1) is 10.2 Å². The molecule has 0 amide bonds. The highest BCUT2D eigenvalue weighted by atomic mass is 79.9. The van der Waals surface area contributed by atoms with Gasteiger partial charge in [-0.25, -0.2) is 0 Å². The van der Waals surface area contributed by atoms with E-state index in [-0.39, 0.29) is 0 Å². The van der Waals surface area contributed by atoms with Crippen LogP contribution < -0.4 is 0 Å². The summed E-state index contributed by atoms with van der Waals surface area (Å²) in [7, 11) is 0. The van der Waals surface area contributed by atoms with Gasteiger partial charge in [0.2, 0.25) is 0 Å². The van der Waals surface area contributed by atoms with Gasteiger partial charge in [-0.2, -0.15) is 0 Å². The molecule has 4 rings (SSSR count). The lowest BCUT2D eigenvalue weighted by Gasteiger charge is -2.21. The first kappa shape index (κ1) is 20.0. The molecule has 0 radical (unpaired) electrons. The maximum atomic E-state index is 4.94.